The van der Waals surface area contributed by atoms with Gasteiger partial charge in [0.1, 0.15) is 0 Å². The van der Waals surface area contributed by atoms with Gasteiger partial charge in [0.25, 0.3) is 0 Å². The molecule has 0 bridgehead atoms. The molecule has 2 heteroatoms. The monoisotopic (exact) mass is 346 g/mol. The lowest BCUT2D eigenvalue weighted by Crippen LogP contribution is -2.07. The SMILES string of the molecule is CCCCCCC(C)OCc1ccc(I)cc1. The van der Waals surface area contributed by atoms with Crippen LogP contribution in [0.5, 0.6) is 0 Å². The molecule has 0 N–H and O–H groups in total. The zero-order valence-corrected chi connectivity index (χ0v) is 13.1. The summed E-state index contributed by atoms with van der Waals surface area (Å²) in [5.74, 6) is 0. The van der Waals surface area contributed by atoms with Crippen LogP contribution in [-0.2, 0) is 11.3 Å². The molecule has 0 spiro atoms. The Bertz CT molecular complexity index is 294. The molecule has 0 amide bonds. The number of hydrogen-bond acceptors (Lipinski definition) is 1. The van der Waals surface area contributed by atoms with Crippen molar-refractivity contribution in [1.82, 2.24) is 0 Å². The van der Waals surface area contributed by atoms with Crippen molar-refractivity contribution in [3.63, 3.8) is 0 Å². The molecule has 0 aliphatic carbocycles. The third-order valence-electron chi connectivity index (χ3n) is 2.91. The van der Waals surface area contributed by atoms with Gasteiger partial charge in [-0.15, -0.1) is 0 Å². The third-order valence-corrected chi connectivity index (χ3v) is 3.63. The molecular weight excluding hydrogens is 323 g/mol. The smallest absolute Gasteiger partial charge is 0.0720 e. The van der Waals surface area contributed by atoms with E-state index in [4.69, 9.17) is 4.74 Å². The van der Waals surface area contributed by atoms with Crippen LogP contribution in [0.3, 0.4) is 0 Å². The second kappa shape index (κ2) is 8.92. The van der Waals surface area contributed by atoms with Crippen LogP contribution >= 0.6 is 22.6 Å². The van der Waals surface area contributed by atoms with E-state index in [1.165, 1.54) is 41.2 Å². The van der Waals surface area contributed by atoms with E-state index in [0.717, 1.165) is 6.61 Å². The highest BCUT2D eigenvalue weighted by Crippen LogP contribution is 2.12. The Morgan fingerprint density at radius 1 is 1.12 bits per heavy atom. The number of benzene rings is 1. The molecule has 1 aromatic rings. The lowest BCUT2D eigenvalue weighted by Gasteiger charge is -2.13. The first-order valence-electron chi connectivity index (χ1n) is 6.58. The fourth-order valence-corrected chi connectivity index (χ4v) is 2.12. The summed E-state index contributed by atoms with van der Waals surface area (Å²) in [7, 11) is 0. The Labute approximate surface area is 119 Å². The normalized spacial score (nSPS) is 12.6. The minimum atomic E-state index is 0.381. The molecule has 1 rings (SSSR count). The Morgan fingerprint density at radius 3 is 2.47 bits per heavy atom. The Kier molecular flexibility index (Phi) is 7.86. The second-order valence-corrected chi connectivity index (χ2v) is 5.84. The molecule has 1 aromatic carbocycles. The summed E-state index contributed by atoms with van der Waals surface area (Å²) >= 11 is 2.32. The highest BCUT2D eigenvalue weighted by atomic mass is 127. The number of halogens is 1. The molecule has 0 fully saturated rings. The van der Waals surface area contributed by atoms with Gasteiger partial charge in [0.2, 0.25) is 0 Å². The summed E-state index contributed by atoms with van der Waals surface area (Å²) in [5.41, 5.74) is 1.27. The van der Waals surface area contributed by atoms with Crippen LogP contribution in [0.2, 0.25) is 0 Å². The Balaban J connectivity index is 2.14. The van der Waals surface area contributed by atoms with Crippen LogP contribution in [0.4, 0.5) is 0 Å². The molecule has 96 valence electrons. The van der Waals surface area contributed by atoms with Crippen molar-refractivity contribution in [1.29, 1.82) is 0 Å². The van der Waals surface area contributed by atoms with Crippen molar-refractivity contribution in [3.05, 3.63) is 33.4 Å². The summed E-state index contributed by atoms with van der Waals surface area (Å²) in [6.07, 6.45) is 6.85. The first kappa shape index (κ1) is 15.0. The van der Waals surface area contributed by atoms with Crippen molar-refractivity contribution in [2.45, 2.75) is 58.7 Å². The molecule has 0 radical (unpaired) electrons. The Hall–Kier alpha value is -0.0900. The highest BCUT2D eigenvalue weighted by Gasteiger charge is 2.02. The lowest BCUT2D eigenvalue weighted by atomic mass is 10.1. The van der Waals surface area contributed by atoms with Crippen LogP contribution in [0.15, 0.2) is 24.3 Å². The number of rotatable bonds is 8. The van der Waals surface area contributed by atoms with Crippen molar-refractivity contribution in [2.75, 3.05) is 0 Å². The van der Waals surface area contributed by atoms with Crippen molar-refractivity contribution in [3.8, 4) is 0 Å². The average molecular weight is 346 g/mol. The maximum Gasteiger partial charge on any atom is 0.0720 e. The summed E-state index contributed by atoms with van der Waals surface area (Å²) in [4.78, 5) is 0. The van der Waals surface area contributed by atoms with Crippen LogP contribution in [0, 0.1) is 3.57 Å². The van der Waals surface area contributed by atoms with Crippen LogP contribution in [0.1, 0.15) is 51.5 Å². The van der Waals surface area contributed by atoms with Gasteiger partial charge in [-0.25, -0.2) is 0 Å². The first-order valence-corrected chi connectivity index (χ1v) is 7.66. The van der Waals surface area contributed by atoms with Crippen molar-refractivity contribution < 1.29 is 4.74 Å². The van der Waals surface area contributed by atoms with Crippen LogP contribution < -0.4 is 0 Å². The zero-order chi connectivity index (χ0) is 12.5. The van der Waals surface area contributed by atoms with Crippen LogP contribution in [-0.4, -0.2) is 6.10 Å². The van der Waals surface area contributed by atoms with Crippen LogP contribution in [0.25, 0.3) is 0 Å². The van der Waals surface area contributed by atoms with Gasteiger partial charge in [-0.2, -0.15) is 0 Å². The van der Waals surface area contributed by atoms with Gasteiger partial charge in [0, 0.05) is 3.57 Å². The number of unbranched alkanes of at least 4 members (excludes halogenated alkanes) is 3. The molecule has 0 aromatic heterocycles. The van der Waals surface area contributed by atoms with E-state index in [-0.39, 0.29) is 0 Å². The van der Waals surface area contributed by atoms with Crippen molar-refractivity contribution in [2.24, 2.45) is 0 Å². The van der Waals surface area contributed by atoms with Gasteiger partial charge >= 0.3 is 0 Å². The predicted octanol–water partition coefficient (Wildman–Crippen LogP) is 5.17. The summed E-state index contributed by atoms with van der Waals surface area (Å²) in [5, 5.41) is 0. The minimum Gasteiger partial charge on any atom is -0.374 e. The van der Waals surface area contributed by atoms with Crippen molar-refractivity contribution >= 4 is 22.6 Å². The van der Waals surface area contributed by atoms with Gasteiger partial charge < -0.3 is 4.74 Å². The molecule has 1 unspecified atom stereocenters. The maximum atomic E-state index is 5.85. The van der Waals surface area contributed by atoms with E-state index in [1.54, 1.807) is 0 Å². The molecule has 17 heavy (non-hydrogen) atoms. The van der Waals surface area contributed by atoms with E-state index < -0.39 is 0 Å². The largest absolute Gasteiger partial charge is 0.374 e. The van der Waals surface area contributed by atoms with E-state index in [2.05, 4.69) is 60.7 Å². The maximum absolute atomic E-state index is 5.85. The summed E-state index contributed by atoms with van der Waals surface area (Å²) in [6, 6.07) is 8.55. The number of hydrogen-bond donors (Lipinski definition) is 0. The molecule has 1 nitrogen and oxygen atoms in total. The van der Waals surface area contributed by atoms with E-state index in [1.807, 2.05) is 0 Å². The Morgan fingerprint density at radius 2 is 1.82 bits per heavy atom. The third kappa shape index (κ3) is 7.04. The summed E-state index contributed by atoms with van der Waals surface area (Å²) < 4.78 is 7.12. The topological polar surface area (TPSA) is 9.23 Å². The molecule has 0 heterocycles. The van der Waals surface area contributed by atoms with Gasteiger partial charge in [-0.05, 0) is 53.6 Å². The zero-order valence-electron chi connectivity index (χ0n) is 10.9. The fourth-order valence-electron chi connectivity index (χ4n) is 1.76. The van der Waals surface area contributed by atoms with Gasteiger partial charge in [-0.1, -0.05) is 44.7 Å². The quantitative estimate of drug-likeness (QED) is 0.466. The molecular formula is C15H23IO. The second-order valence-electron chi connectivity index (χ2n) is 4.60. The molecule has 0 aliphatic heterocycles. The van der Waals surface area contributed by atoms with E-state index >= 15 is 0 Å². The lowest BCUT2D eigenvalue weighted by molar-refractivity contribution is 0.0459. The fraction of sp³-hybridized carbons (Fsp3) is 0.600. The first-order chi connectivity index (χ1) is 8.22. The van der Waals surface area contributed by atoms with E-state index in [9.17, 15) is 0 Å². The molecule has 1 atom stereocenters. The highest BCUT2D eigenvalue weighted by molar-refractivity contribution is 14.1. The summed E-state index contributed by atoms with van der Waals surface area (Å²) in [6.45, 7) is 5.17. The molecule has 0 saturated carbocycles. The minimum absolute atomic E-state index is 0.381. The van der Waals surface area contributed by atoms with E-state index in [0.29, 0.717) is 6.10 Å². The standard InChI is InChI=1S/C15H23IO/c1-3-4-5-6-7-13(2)17-12-14-8-10-15(16)11-9-14/h8-11,13H,3-7,12H2,1-2H3. The predicted molar refractivity (Wildman–Crippen MR) is 82.2 cm³/mol. The van der Waals surface area contributed by atoms with Gasteiger partial charge in [0.05, 0.1) is 12.7 Å². The average Bonchev–Trinajstić information content (AvgIpc) is 2.34. The molecule has 0 aliphatic rings. The van der Waals surface area contributed by atoms with Gasteiger partial charge in [0.15, 0.2) is 0 Å². The molecule has 0 saturated heterocycles. The van der Waals surface area contributed by atoms with Gasteiger partial charge in [-0.3, -0.25) is 0 Å². The number of ether oxygens (including phenoxy) is 1.